The summed E-state index contributed by atoms with van der Waals surface area (Å²) in [6.07, 6.45) is 3.53. The molecule has 2 aromatic heterocycles. The zero-order chi connectivity index (χ0) is 33.0. The molecule has 242 valence electrons. The van der Waals surface area contributed by atoms with E-state index in [0.717, 1.165) is 18.2 Å². The van der Waals surface area contributed by atoms with Crippen molar-refractivity contribution in [2.75, 3.05) is 26.9 Å². The predicted octanol–water partition coefficient (Wildman–Crippen LogP) is 7.75. The van der Waals surface area contributed by atoms with Gasteiger partial charge in [-0.3, -0.25) is 4.79 Å². The molecule has 1 saturated heterocycles. The number of Topliss-reactive ketones (excluding diaryl/α,β-unsaturated/α-hetero) is 1. The Morgan fingerprint density at radius 2 is 1.89 bits per heavy atom. The summed E-state index contributed by atoms with van der Waals surface area (Å²) in [6, 6.07) is 12.2. The Balaban J connectivity index is 1.49. The third kappa shape index (κ3) is 7.47. The van der Waals surface area contributed by atoms with E-state index in [1.54, 1.807) is 29.0 Å². The second-order valence-electron chi connectivity index (χ2n) is 13.0. The van der Waals surface area contributed by atoms with E-state index in [0.29, 0.717) is 65.6 Å². The lowest BCUT2D eigenvalue weighted by molar-refractivity contribution is -0.121. The van der Waals surface area contributed by atoms with Gasteiger partial charge in [0, 0.05) is 57.0 Å². The molecule has 0 amide bonds. The predicted molar refractivity (Wildman–Crippen MR) is 174 cm³/mol. The van der Waals surface area contributed by atoms with Crippen molar-refractivity contribution < 1.29 is 32.5 Å². The molecule has 0 saturated carbocycles. The molecule has 0 aliphatic carbocycles. The van der Waals surface area contributed by atoms with Crippen LogP contribution in [0.25, 0.3) is 22.2 Å². The molecule has 0 N–H and O–H groups in total. The Bertz CT molecular complexity index is 1750. The zero-order valence-corrected chi connectivity index (χ0v) is 27.9. The standard InChI is InChI=1S/C35H39F2N3O5Si/c1-22(24-19-44-20-24)13-25(41)14-23-15-29(36)34(30(37)16-23)45-32-9-10-39-35-33(32)28(18-40(35)21-43-11-12-46(3,4)5)26-7-6-8-31(42-2)27(26)17-38/h6-10,15-16,18,22,24H,11-14,19-21H2,1-5H3. The Hall–Kier alpha value is -4.11. The average molecular weight is 648 g/mol. The number of ether oxygens (including phenoxy) is 4. The molecule has 1 atom stereocenters. The van der Waals surface area contributed by atoms with Crippen LogP contribution in [-0.2, 0) is 27.4 Å². The average Bonchev–Trinajstić information content (AvgIpc) is 3.34. The van der Waals surface area contributed by atoms with E-state index in [2.05, 4.69) is 30.7 Å². The fraction of sp³-hybridized carbons (Fsp3) is 0.400. The number of aromatic nitrogens is 2. The zero-order valence-electron chi connectivity index (χ0n) is 26.9. The molecular formula is C35H39F2N3O5Si. The number of nitriles is 1. The fourth-order valence-electron chi connectivity index (χ4n) is 5.49. The normalized spacial score (nSPS) is 14.1. The maximum atomic E-state index is 15.5. The van der Waals surface area contributed by atoms with Gasteiger partial charge in [-0.15, -0.1) is 0 Å². The SMILES string of the molecule is COc1cccc(-c2cn(COCC[Si](C)(C)C)c3nccc(Oc4c(F)cc(CC(=O)CC(C)C5COC5)cc4F)c23)c1C#N. The number of rotatable bonds is 14. The van der Waals surface area contributed by atoms with Crippen molar-refractivity contribution in [3.63, 3.8) is 0 Å². The Morgan fingerprint density at radius 3 is 2.52 bits per heavy atom. The third-order valence-electron chi connectivity index (χ3n) is 8.28. The number of nitrogens with zero attached hydrogens (tertiary/aromatic N) is 3. The van der Waals surface area contributed by atoms with Crippen LogP contribution in [0.3, 0.4) is 0 Å². The second kappa shape index (κ2) is 14.1. The van der Waals surface area contributed by atoms with Crippen molar-refractivity contribution in [1.82, 2.24) is 9.55 Å². The molecule has 0 bridgehead atoms. The van der Waals surface area contributed by atoms with Crippen molar-refractivity contribution in [2.24, 2.45) is 11.8 Å². The summed E-state index contributed by atoms with van der Waals surface area (Å²) >= 11 is 0. The van der Waals surface area contributed by atoms with Crippen molar-refractivity contribution in [2.45, 2.75) is 52.2 Å². The first-order valence-electron chi connectivity index (χ1n) is 15.4. The summed E-state index contributed by atoms with van der Waals surface area (Å²) in [5, 5.41) is 10.5. The van der Waals surface area contributed by atoms with Crippen LogP contribution < -0.4 is 9.47 Å². The molecule has 0 radical (unpaired) electrons. The van der Waals surface area contributed by atoms with Gasteiger partial charge in [0.1, 0.15) is 41.3 Å². The van der Waals surface area contributed by atoms with E-state index in [4.69, 9.17) is 18.9 Å². The summed E-state index contributed by atoms with van der Waals surface area (Å²) in [5.41, 5.74) is 2.10. The van der Waals surface area contributed by atoms with Gasteiger partial charge in [-0.1, -0.05) is 38.7 Å². The van der Waals surface area contributed by atoms with Gasteiger partial charge in [0.05, 0.1) is 25.7 Å². The minimum Gasteiger partial charge on any atom is -0.495 e. The highest BCUT2D eigenvalue weighted by molar-refractivity contribution is 6.76. The van der Waals surface area contributed by atoms with Crippen LogP contribution in [0, 0.1) is 34.8 Å². The first-order valence-corrected chi connectivity index (χ1v) is 19.1. The highest BCUT2D eigenvalue weighted by Crippen LogP contribution is 2.42. The minimum atomic E-state index is -1.32. The number of halogens is 2. The molecule has 2 aromatic carbocycles. The van der Waals surface area contributed by atoms with Crippen LogP contribution in [0.1, 0.15) is 24.5 Å². The smallest absolute Gasteiger partial charge is 0.198 e. The lowest BCUT2D eigenvalue weighted by Crippen LogP contribution is -2.34. The summed E-state index contributed by atoms with van der Waals surface area (Å²) < 4.78 is 55.3. The number of benzene rings is 2. The Kier molecular flexibility index (Phi) is 10.2. The molecule has 1 unspecified atom stereocenters. The van der Waals surface area contributed by atoms with Crippen LogP contribution in [0.5, 0.6) is 17.2 Å². The molecule has 4 aromatic rings. The van der Waals surface area contributed by atoms with E-state index >= 15 is 8.78 Å². The number of pyridine rings is 1. The molecular weight excluding hydrogens is 608 g/mol. The molecule has 11 heteroatoms. The number of carbonyl (C=O) groups excluding carboxylic acids is 1. The molecule has 0 spiro atoms. The van der Waals surface area contributed by atoms with Crippen LogP contribution >= 0.6 is 0 Å². The summed E-state index contributed by atoms with van der Waals surface area (Å²) in [6.45, 7) is 10.8. The molecule has 1 aliphatic heterocycles. The minimum absolute atomic E-state index is 0.0803. The van der Waals surface area contributed by atoms with E-state index in [1.807, 2.05) is 6.92 Å². The quantitative estimate of drug-likeness (QED) is 0.102. The highest BCUT2D eigenvalue weighted by atomic mass is 28.3. The number of carbonyl (C=O) groups is 1. The van der Waals surface area contributed by atoms with Crippen molar-refractivity contribution in [3.05, 3.63) is 71.6 Å². The lowest BCUT2D eigenvalue weighted by Gasteiger charge is -2.31. The Morgan fingerprint density at radius 1 is 1.15 bits per heavy atom. The van der Waals surface area contributed by atoms with Gasteiger partial charge in [0.25, 0.3) is 0 Å². The maximum Gasteiger partial charge on any atom is 0.198 e. The Labute approximate surface area is 268 Å². The van der Waals surface area contributed by atoms with Gasteiger partial charge in [0.15, 0.2) is 17.4 Å². The number of methoxy groups -OCH3 is 1. The van der Waals surface area contributed by atoms with Gasteiger partial charge >= 0.3 is 0 Å². The van der Waals surface area contributed by atoms with E-state index in [-0.39, 0.29) is 36.2 Å². The second-order valence-corrected chi connectivity index (χ2v) is 18.7. The summed E-state index contributed by atoms with van der Waals surface area (Å²) in [7, 11) is 0.163. The summed E-state index contributed by atoms with van der Waals surface area (Å²) in [5.74, 6) is -1.53. The fourth-order valence-corrected chi connectivity index (χ4v) is 6.24. The first-order chi connectivity index (χ1) is 22.0. The molecule has 46 heavy (non-hydrogen) atoms. The number of fused-ring (bicyclic) bond motifs is 1. The lowest BCUT2D eigenvalue weighted by atomic mass is 9.87. The van der Waals surface area contributed by atoms with Crippen molar-refractivity contribution >= 4 is 24.9 Å². The largest absolute Gasteiger partial charge is 0.495 e. The monoisotopic (exact) mass is 647 g/mol. The number of ketones is 1. The summed E-state index contributed by atoms with van der Waals surface area (Å²) in [4.78, 5) is 17.2. The van der Waals surface area contributed by atoms with Crippen LogP contribution in [0.4, 0.5) is 8.78 Å². The molecule has 1 aliphatic rings. The van der Waals surface area contributed by atoms with Crippen LogP contribution in [0.2, 0.25) is 25.7 Å². The van der Waals surface area contributed by atoms with Crippen molar-refractivity contribution in [1.29, 1.82) is 5.26 Å². The van der Waals surface area contributed by atoms with E-state index in [1.165, 1.54) is 19.4 Å². The number of hydrogen-bond donors (Lipinski definition) is 0. The van der Waals surface area contributed by atoms with Crippen molar-refractivity contribution in [3.8, 4) is 34.4 Å². The van der Waals surface area contributed by atoms with Gasteiger partial charge in [0.2, 0.25) is 0 Å². The van der Waals surface area contributed by atoms with Gasteiger partial charge in [-0.05, 0) is 41.8 Å². The van der Waals surface area contributed by atoms with E-state index in [9.17, 15) is 10.1 Å². The molecule has 1 fully saturated rings. The van der Waals surface area contributed by atoms with Gasteiger partial charge in [-0.25, -0.2) is 13.8 Å². The maximum absolute atomic E-state index is 15.5. The molecule has 3 heterocycles. The topological polar surface area (TPSA) is 95.6 Å². The molecule has 5 rings (SSSR count). The van der Waals surface area contributed by atoms with Gasteiger partial charge in [-0.2, -0.15) is 5.26 Å². The highest BCUT2D eigenvalue weighted by Gasteiger charge is 2.27. The van der Waals surface area contributed by atoms with Crippen LogP contribution in [-0.4, -0.2) is 50.3 Å². The van der Waals surface area contributed by atoms with Crippen LogP contribution in [0.15, 0.2) is 48.8 Å². The van der Waals surface area contributed by atoms with E-state index < -0.39 is 25.5 Å². The van der Waals surface area contributed by atoms with Gasteiger partial charge < -0.3 is 23.5 Å². The first kappa shape index (κ1) is 33.3. The molecule has 8 nitrogen and oxygen atoms in total. The number of hydrogen-bond acceptors (Lipinski definition) is 7. The third-order valence-corrected chi connectivity index (χ3v) is 9.99.